The lowest BCUT2D eigenvalue weighted by Crippen LogP contribution is -2.46. The third-order valence-corrected chi connectivity index (χ3v) is 8.13. The Morgan fingerprint density at radius 3 is 2.35 bits per heavy atom. The predicted octanol–water partition coefficient (Wildman–Crippen LogP) is 4.12. The van der Waals surface area contributed by atoms with Crippen molar-refractivity contribution in [2.24, 2.45) is 5.41 Å². The van der Waals surface area contributed by atoms with Gasteiger partial charge in [-0.1, -0.05) is 19.1 Å². The highest BCUT2D eigenvalue weighted by molar-refractivity contribution is 7.89. The maximum atomic E-state index is 13.2. The number of aromatic nitrogens is 2. The van der Waals surface area contributed by atoms with E-state index < -0.39 is 15.4 Å². The Balaban J connectivity index is 1.33. The van der Waals surface area contributed by atoms with Crippen LogP contribution in [-0.2, 0) is 14.8 Å². The number of nitrogens with one attached hydrogen (secondary N) is 2. The second-order valence-corrected chi connectivity index (χ2v) is 10.9. The van der Waals surface area contributed by atoms with Gasteiger partial charge in [0, 0.05) is 23.9 Å². The minimum Gasteiger partial charge on any atom is -0.349 e. The molecule has 7 nitrogen and oxygen atoms in total. The third-order valence-electron chi connectivity index (χ3n) is 6.59. The number of benzene rings is 2. The van der Waals surface area contributed by atoms with Gasteiger partial charge in [0.1, 0.15) is 5.82 Å². The Labute approximate surface area is 199 Å². The van der Waals surface area contributed by atoms with E-state index >= 15 is 0 Å². The number of nitrogens with zero attached hydrogens (tertiary/aromatic N) is 2. The molecule has 1 amide bonds. The highest BCUT2D eigenvalue weighted by Gasteiger charge is 2.39. The SMILES string of the molecule is C[C@@H](NC(=O)[C@]1(C)CC[C@@H](NS(=O)(=O)c2ccc(-n3cccn3)cc2)CC1)c1ccc(F)cc1. The number of halogens is 1. The largest absolute Gasteiger partial charge is 0.349 e. The van der Waals surface area contributed by atoms with Crippen LogP contribution < -0.4 is 10.0 Å². The van der Waals surface area contributed by atoms with E-state index in [1.54, 1.807) is 59.5 Å². The summed E-state index contributed by atoms with van der Waals surface area (Å²) in [6.07, 6.45) is 5.73. The molecule has 1 aromatic heterocycles. The number of hydrogen-bond donors (Lipinski definition) is 2. The standard InChI is InChI=1S/C25H29FN4O3S/c1-18(19-4-6-20(26)7-5-19)28-24(31)25(2)14-12-21(13-15-25)29-34(32,33)23-10-8-22(9-11-23)30-17-3-16-27-30/h3-11,16-18,21,29H,12-15H2,1-2H3,(H,28,31)/t18-,21-,25-/m1/s1. The number of hydrogen-bond acceptors (Lipinski definition) is 4. The number of rotatable bonds is 7. The fourth-order valence-corrected chi connectivity index (χ4v) is 5.60. The van der Waals surface area contributed by atoms with Gasteiger partial charge in [0.15, 0.2) is 0 Å². The van der Waals surface area contributed by atoms with Gasteiger partial charge >= 0.3 is 0 Å². The maximum Gasteiger partial charge on any atom is 0.240 e. The number of carbonyl (C=O) groups excluding carboxylic acids is 1. The molecule has 9 heteroatoms. The van der Waals surface area contributed by atoms with E-state index in [0.29, 0.717) is 25.7 Å². The highest BCUT2D eigenvalue weighted by atomic mass is 32.2. The summed E-state index contributed by atoms with van der Waals surface area (Å²) in [5, 5.41) is 7.17. The van der Waals surface area contributed by atoms with Crippen molar-refractivity contribution in [2.75, 3.05) is 0 Å². The fraction of sp³-hybridized carbons (Fsp3) is 0.360. The normalized spacial score (nSPS) is 21.7. The predicted molar refractivity (Wildman–Crippen MR) is 127 cm³/mol. The molecule has 0 aliphatic heterocycles. The van der Waals surface area contributed by atoms with Crippen LogP contribution in [0.3, 0.4) is 0 Å². The minimum atomic E-state index is -3.67. The van der Waals surface area contributed by atoms with E-state index in [1.165, 1.54) is 12.1 Å². The molecule has 2 aromatic carbocycles. The Kier molecular flexibility index (Phi) is 6.86. The lowest BCUT2D eigenvalue weighted by molar-refractivity contribution is -0.132. The van der Waals surface area contributed by atoms with E-state index in [0.717, 1.165) is 11.3 Å². The van der Waals surface area contributed by atoms with Crippen molar-refractivity contribution in [3.05, 3.63) is 78.4 Å². The van der Waals surface area contributed by atoms with Crippen molar-refractivity contribution in [3.8, 4) is 5.69 Å². The van der Waals surface area contributed by atoms with E-state index in [2.05, 4.69) is 15.1 Å². The monoisotopic (exact) mass is 484 g/mol. The first kappa shape index (κ1) is 24.1. The number of amides is 1. The van der Waals surface area contributed by atoms with Crippen LogP contribution in [0.15, 0.2) is 71.9 Å². The van der Waals surface area contributed by atoms with Gasteiger partial charge in [-0.25, -0.2) is 22.2 Å². The van der Waals surface area contributed by atoms with Crippen LogP contribution in [0.4, 0.5) is 4.39 Å². The summed E-state index contributed by atoms with van der Waals surface area (Å²) in [7, 11) is -3.67. The van der Waals surface area contributed by atoms with E-state index in [1.807, 2.05) is 13.8 Å². The summed E-state index contributed by atoms with van der Waals surface area (Å²) in [4.78, 5) is 13.2. The van der Waals surface area contributed by atoms with Crippen molar-refractivity contribution in [1.82, 2.24) is 19.8 Å². The molecule has 0 saturated heterocycles. The molecule has 1 saturated carbocycles. The molecule has 0 unspecified atom stereocenters. The van der Waals surface area contributed by atoms with Gasteiger partial charge in [0.2, 0.25) is 15.9 Å². The minimum absolute atomic E-state index is 0.0696. The van der Waals surface area contributed by atoms with Crippen molar-refractivity contribution in [3.63, 3.8) is 0 Å². The van der Waals surface area contributed by atoms with Gasteiger partial charge in [-0.05, 0) is 80.6 Å². The van der Waals surface area contributed by atoms with Crippen LogP contribution in [0.2, 0.25) is 0 Å². The van der Waals surface area contributed by atoms with Gasteiger partial charge in [-0.2, -0.15) is 5.10 Å². The summed E-state index contributed by atoms with van der Waals surface area (Å²) in [6.45, 7) is 3.78. The van der Waals surface area contributed by atoms with E-state index in [9.17, 15) is 17.6 Å². The van der Waals surface area contributed by atoms with Gasteiger partial charge in [0.05, 0.1) is 16.6 Å². The van der Waals surface area contributed by atoms with Gasteiger partial charge in [-0.15, -0.1) is 0 Å². The molecule has 1 aliphatic carbocycles. The van der Waals surface area contributed by atoms with Crippen LogP contribution >= 0.6 is 0 Å². The quantitative estimate of drug-likeness (QED) is 0.528. The molecule has 4 rings (SSSR count). The first-order valence-electron chi connectivity index (χ1n) is 11.4. The Morgan fingerprint density at radius 1 is 1.12 bits per heavy atom. The maximum absolute atomic E-state index is 13.2. The average molecular weight is 485 g/mol. The average Bonchev–Trinajstić information content (AvgIpc) is 3.36. The number of sulfonamides is 1. The summed E-state index contributed by atoms with van der Waals surface area (Å²) < 4.78 is 43.4. The molecule has 1 atom stereocenters. The van der Waals surface area contributed by atoms with Crippen molar-refractivity contribution in [2.45, 2.75) is 56.5 Å². The number of carbonyl (C=O) groups is 1. The molecular formula is C25H29FN4O3S. The third kappa shape index (κ3) is 5.37. The first-order valence-corrected chi connectivity index (χ1v) is 12.8. The molecule has 1 fully saturated rings. The van der Waals surface area contributed by atoms with Crippen LogP contribution in [0.5, 0.6) is 0 Å². The Hall–Kier alpha value is -3.04. The van der Waals surface area contributed by atoms with E-state index in [-0.39, 0.29) is 28.7 Å². The molecule has 0 radical (unpaired) electrons. The summed E-state index contributed by atoms with van der Waals surface area (Å²) in [5.41, 5.74) is 1.03. The smallest absolute Gasteiger partial charge is 0.240 e. The lowest BCUT2D eigenvalue weighted by atomic mass is 9.73. The molecule has 0 spiro atoms. The molecule has 1 aliphatic rings. The van der Waals surface area contributed by atoms with Crippen LogP contribution in [-0.4, -0.2) is 30.1 Å². The molecule has 1 heterocycles. The second-order valence-electron chi connectivity index (χ2n) is 9.15. The summed E-state index contributed by atoms with van der Waals surface area (Å²) in [6, 6.07) is 14.0. The molecule has 34 heavy (non-hydrogen) atoms. The zero-order valence-electron chi connectivity index (χ0n) is 19.2. The van der Waals surface area contributed by atoms with Gasteiger partial charge in [-0.3, -0.25) is 4.79 Å². The van der Waals surface area contributed by atoms with E-state index in [4.69, 9.17) is 0 Å². The Bertz CT molecular complexity index is 1220. The lowest BCUT2D eigenvalue weighted by Gasteiger charge is -2.37. The molecule has 0 bridgehead atoms. The summed E-state index contributed by atoms with van der Waals surface area (Å²) >= 11 is 0. The first-order chi connectivity index (χ1) is 16.2. The summed E-state index contributed by atoms with van der Waals surface area (Å²) in [5.74, 6) is -0.385. The van der Waals surface area contributed by atoms with Crippen molar-refractivity contribution < 1.29 is 17.6 Å². The van der Waals surface area contributed by atoms with Crippen LogP contribution in [0.1, 0.15) is 51.1 Å². The second kappa shape index (κ2) is 9.68. The molecule has 2 N–H and O–H groups in total. The van der Waals surface area contributed by atoms with Crippen LogP contribution in [0, 0.1) is 11.2 Å². The van der Waals surface area contributed by atoms with Gasteiger partial charge in [0.25, 0.3) is 0 Å². The zero-order chi connectivity index (χ0) is 24.3. The fourth-order valence-electron chi connectivity index (χ4n) is 4.29. The molecular weight excluding hydrogens is 455 g/mol. The molecule has 3 aromatic rings. The molecule has 180 valence electrons. The van der Waals surface area contributed by atoms with Crippen molar-refractivity contribution >= 4 is 15.9 Å². The van der Waals surface area contributed by atoms with Crippen molar-refractivity contribution in [1.29, 1.82) is 0 Å². The topological polar surface area (TPSA) is 93.1 Å². The van der Waals surface area contributed by atoms with Gasteiger partial charge < -0.3 is 5.32 Å². The Morgan fingerprint density at radius 2 is 1.76 bits per heavy atom. The zero-order valence-corrected chi connectivity index (χ0v) is 20.1. The highest BCUT2D eigenvalue weighted by Crippen LogP contribution is 2.37. The van der Waals surface area contributed by atoms with Crippen LogP contribution in [0.25, 0.3) is 5.69 Å².